The average molecular weight is 695 g/mol. The van der Waals surface area contributed by atoms with Gasteiger partial charge in [-0.15, -0.1) is 0 Å². The highest BCUT2D eigenvalue weighted by molar-refractivity contribution is 6.21. The molecule has 52 heavy (non-hydrogen) atoms. The molecular formula is C47H54N2O3. The van der Waals surface area contributed by atoms with Crippen LogP contribution in [0.1, 0.15) is 98.7 Å². The third-order valence-corrected chi connectivity index (χ3v) is 12.4. The first-order chi connectivity index (χ1) is 25.2. The van der Waals surface area contributed by atoms with Gasteiger partial charge in [-0.25, -0.2) is 9.59 Å². The van der Waals surface area contributed by atoms with Gasteiger partial charge in [0.05, 0.1) is 11.1 Å². The first-order valence-corrected chi connectivity index (χ1v) is 19.6. The monoisotopic (exact) mass is 694 g/mol. The topological polar surface area (TPSA) is 49.9 Å². The molecule has 0 aromatic heterocycles. The largest absolute Gasteiger partial charge is 0.386 e. The fourth-order valence-electron chi connectivity index (χ4n) is 9.73. The van der Waals surface area contributed by atoms with Crippen LogP contribution >= 0.6 is 0 Å². The van der Waals surface area contributed by atoms with E-state index < -0.39 is 11.9 Å². The number of anilines is 2. The number of carbonyl (C=O) groups is 2. The van der Waals surface area contributed by atoms with Crippen molar-refractivity contribution >= 4 is 53.7 Å². The number of rotatable bonds is 11. The zero-order chi connectivity index (χ0) is 36.5. The van der Waals surface area contributed by atoms with E-state index in [0.717, 1.165) is 103 Å². The number of nitrogens with zero attached hydrogens (tertiary/aromatic N) is 2. The van der Waals surface area contributed by atoms with E-state index in [-0.39, 0.29) is 0 Å². The molecule has 0 radical (unpaired) electrons. The van der Waals surface area contributed by atoms with Crippen molar-refractivity contribution in [2.75, 3.05) is 36.0 Å². The van der Waals surface area contributed by atoms with E-state index in [4.69, 9.17) is 4.74 Å². The molecule has 0 spiro atoms. The smallest absolute Gasteiger partial charge is 0.346 e. The number of esters is 2. The summed E-state index contributed by atoms with van der Waals surface area (Å²) in [5.74, 6) is 1.34. The molecule has 0 amide bonds. The number of benzene rings is 3. The van der Waals surface area contributed by atoms with Crippen LogP contribution in [0.2, 0.25) is 0 Å². The maximum atomic E-state index is 13.5. The minimum Gasteiger partial charge on any atom is -0.386 e. The molecule has 0 unspecified atom stereocenters. The average Bonchev–Trinajstić information content (AvgIpc) is 3.42. The summed E-state index contributed by atoms with van der Waals surface area (Å²) in [6, 6.07) is 19.7. The highest BCUT2D eigenvalue weighted by atomic mass is 16.6. The molecule has 4 bridgehead atoms. The van der Waals surface area contributed by atoms with Crippen LogP contribution in [0.5, 0.6) is 0 Å². The molecule has 270 valence electrons. The summed E-state index contributed by atoms with van der Waals surface area (Å²) in [5.41, 5.74) is 12.2. The van der Waals surface area contributed by atoms with Crippen molar-refractivity contribution in [3.8, 4) is 0 Å². The van der Waals surface area contributed by atoms with Crippen molar-refractivity contribution in [3.63, 3.8) is 0 Å². The van der Waals surface area contributed by atoms with E-state index in [2.05, 4.69) is 130 Å². The third kappa shape index (κ3) is 6.95. The van der Waals surface area contributed by atoms with Gasteiger partial charge in [0.15, 0.2) is 0 Å². The summed E-state index contributed by atoms with van der Waals surface area (Å²) in [6.45, 7) is 16.9. The van der Waals surface area contributed by atoms with Gasteiger partial charge in [-0.2, -0.15) is 0 Å². The molecule has 0 atom stereocenters. The van der Waals surface area contributed by atoms with Gasteiger partial charge in [0.2, 0.25) is 0 Å². The Bertz CT molecular complexity index is 1830. The zero-order valence-corrected chi connectivity index (χ0v) is 31.9. The molecule has 5 nitrogen and oxygen atoms in total. The first-order valence-electron chi connectivity index (χ1n) is 19.6. The van der Waals surface area contributed by atoms with Gasteiger partial charge in [-0.05, 0) is 178 Å². The molecular weight excluding hydrogens is 641 g/mol. The standard InChI is InChI=1S/C47H54N2O3/c1-7-48(8-2)40-19-13-32(14-20-40)11-17-36-28-37(18-12-33-15-21-41(22-16-33)49(9-3)10-4)31(6)42(30(36)5)29-43-45(47(51)52-46(43)50)44-38-24-34-23-35(26-38)27-39(44)25-34/h11-22,28-29,34-35,38-39H,7-10,23-27H2,1-6H3/b17-11+,18-12+,43-29?,45-44?. The van der Waals surface area contributed by atoms with E-state index >= 15 is 0 Å². The van der Waals surface area contributed by atoms with Crippen molar-refractivity contribution in [1.82, 2.24) is 0 Å². The molecule has 1 aliphatic heterocycles. The zero-order valence-electron chi connectivity index (χ0n) is 31.9. The van der Waals surface area contributed by atoms with Crippen molar-refractivity contribution in [3.05, 3.63) is 110 Å². The van der Waals surface area contributed by atoms with Crippen LogP contribution in [-0.2, 0) is 14.3 Å². The van der Waals surface area contributed by atoms with Gasteiger partial charge >= 0.3 is 11.9 Å². The van der Waals surface area contributed by atoms with Crippen molar-refractivity contribution in [2.45, 2.75) is 73.6 Å². The van der Waals surface area contributed by atoms with Crippen LogP contribution in [0.15, 0.2) is 71.3 Å². The van der Waals surface area contributed by atoms with Gasteiger partial charge in [0, 0.05) is 37.6 Å². The van der Waals surface area contributed by atoms with Crippen LogP contribution in [0, 0.1) is 37.5 Å². The summed E-state index contributed by atoms with van der Waals surface area (Å²) >= 11 is 0. The second kappa shape index (κ2) is 15.1. The minimum absolute atomic E-state index is 0.393. The number of ether oxygens (including phenoxy) is 1. The highest BCUT2D eigenvalue weighted by Gasteiger charge is 2.49. The van der Waals surface area contributed by atoms with Gasteiger partial charge in [-0.1, -0.05) is 48.6 Å². The van der Waals surface area contributed by atoms with Gasteiger partial charge in [-0.3, -0.25) is 0 Å². The maximum Gasteiger partial charge on any atom is 0.346 e. The highest BCUT2D eigenvalue weighted by Crippen LogP contribution is 2.58. The molecule has 8 rings (SSSR count). The van der Waals surface area contributed by atoms with E-state index in [1.807, 2.05) is 6.08 Å². The van der Waals surface area contributed by atoms with Crippen molar-refractivity contribution < 1.29 is 14.3 Å². The van der Waals surface area contributed by atoms with Crippen molar-refractivity contribution in [1.29, 1.82) is 0 Å². The summed E-state index contributed by atoms with van der Waals surface area (Å²) in [6.07, 6.45) is 16.5. The van der Waals surface area contributed by atoms with Crippen LogP contribution < -0.4 is 9.80 Å². The number of cyclic esters (lactones) is 2. The molecule has 1 saturated heterocycles. The number of hydrogen-bond donors (Lipinski definition) is 0. The van der Waals surface area contributed by atoms with Gasteiger partial charge < -0.3 is 14.5 Å². The SMILES string of the molecule is CCN(CC)c1ccc(/C=C/c2cc(/C=C/c3ccc(N(CC)CC)cc3)c(C)c(C=C3C(=O)OC(=O)C3=C3C4CC5CC(C4)CC3C5)c2C)cc1. The Labute approximate surface area is 310 Å². The van der Waals surface area contributed by atoms with Crippen LogP contribution in [0.4, 0.5) is 11.4 Å². The van der Waals surface area contributed by atoms with Crippen LogP contribution in [-0.4, -0.2) is 38.1 Å². The Balaban J connectivity index is 1.30. The van der Waals surface area contributed by atoms with E-state index in [1.54, 1.807) is 0 Å². The summed E-state index contributed by atoms with van der Waals surface area (Å²) in [5, 5.41) is 0. The molecule has 5 heteroatoms. The minimum atomic E-state index is -0.514. The lowest BCUT2D eigenvalue weighted by molar-refractivity contribution is -0.149. The lowest BCUT2D eigenvalue weighted by Crippen LogP contribution is -2.41. The van der Waals surface area contributed by atoms with Crippen LogP contribution in [0.25, 0.3) is 30.4 Å². The Hall–Kier alpha value is -4.64. The van der Waals surface area contributed by atoms with Crippen molar-refractivity contribution in [2.24, 2.45) is 23.7 Å². The molecule has 1 heterocycles. The van der Waals surface area contributed by atoms with E-state index in [1.165, 1.54) is 23.4 Å². The molecule has 4 aliphatic carbocycles. The lowest BCUT2D eigenvalue weighted by Gasteiger charge is -2.51. The molecule has 3 aromatic rings. The van der Waals surface area contributed by atoms with Gasteiger partial charge in [0.1, 0.15) is 0 Å². The predicted molar refractivity (Wildman–Crippen MR) is 217 cm³/mol. The fourth-order valence-corrected chi connectivity index (χ4v) is 9.73. The summed E-state index contributed by atoms with van der Waals surface area (Å²) in [7, 11) is 0. The van der Waals surface area contributed by atoms with E-state index in [9.17, 15) is 9.59 Å². The molecule has 4 saturated carbocycles. The quantitative estimate of drug-likeness (QED) is 0.0865. The third-order valence-electron chi connectivity index (χ3n) is 12.4. The summed E-state index contributed by atoms with van der Waals surface area (Å²) in [4.78, 5) is 31.7. The first kappa shape index (κ1) is 35.7. The molecule has 0 N–H and O–H groups in total. The van der Waals surface area contributed by atoms with Crippen LogP contribution in [0.3, 0.4) is 0 Å². The normalized spacial score (nSPS) is 23.2. The molecule has 5 fully saturated rings. The number of hydrogen-bond acceptors (Lipinski definition) is 5. The second-order valence-electron chi connectivity index (χ2n) is 15.3. The van der Waals surface area contributed by atoms with Gasteiger partial charge in [0.25, 0.3) is 0 Å². The predicted octanol–water partition coefficient (Wildman–Crippen LogP) is 10.6. The maximum absolute atomic E-state index is 13.5. The Morgan fingerprint density at radius 1 is 0.615 bits per heavy atom. The molecule has 3 aromatic carbocycles. The number of allylic oxidation sites excluding steroid dienone is 1. The Kier molecular flexibility index (Phi) is 10.4. The second-order valence-corrected chi connectivity index (χ2v) is 15.3. The lowest BCUT2D eigenvalue weighted by atomic mass is 9.53. The molecule has 5 aliphatic rings. The number of carbonyl (C=O) groups excluding carboxylic acids is 2. The fraction of sp³-hybridized carbons (Fsp3) is 0.404. The Morgan fingerprint density at radius 2 is 1.06 bits per heavy atom. The van der Waals surface area contributed by atoms with E-state index in [0.29, 0.717) is 23.0 Å². The Morgan fingerprint density at radius 3 is 1.48 bits per heavy atom. The summed E-state index contributed by atoms with van der Waals surface area (Å²) < 4.78 is 5.41.